The maximum Gasteiger partial charge on any atom is 0.349 e. The summed E-state index contributed by atoms with van der Waals surface area (Å²) in [4.78, 5) is 28.4. The lowest BCUT2D eigenvalue weighted by Gasteiger charge is -2.01. The average Bonchev–Trinajstić information content (AvgIpc) is 2.83. The summed E-state index contributed by atoms with van der Waals surface area (Å²) in [6.07, 6.45) is 2.80. The number of aromatic nitrogens is 4. The third-order valence-electron chi connectivity index (χ3n) is 3.02. The molecule has 0 saturated carbocycles. The van der Waals surface area contributed by atoms with Crippen LogP contribution in [-0.4, -0.2) is 24.5 Å². The topological polar surface area (TPSA) is 106 Å². The van der Waals surface area contributed by atoms with Gasteiger partial charge >= 0.3 is 5.69 Å². The van der Waals surface area contributed by atoms with Crippen LogP contribution in [0.3, 0.4) is 0 Å². The van der Waals surface area contributed by atoms with Crippen molar-refractivity contribution in [2.45, 2.75) is 6.92 Å². The Hall–Kier alpha value is -3.03. The molecule has 0 aliphatic carbocycles. The second-order valence-corrected chi connectivity index (χ2v) is 4.26. The molecule has 8 nitrogen and oxygen atoms in total. The number of nitrogens with zero attached hydrogens (tertiary/aromatic N) is 4. The van der Waals surface area contributed by atoms with Gasteiger partial charge in [-0.3, -0.25) is 15.1 Å². The molecule has 2 aromatic heterocycles. The molecule has 2 heterocycles. The van der Waals surface area contributed by atoms with E-state index in [1.165, 1.54) is 18.6 Å². The number of rotatable bonds is 2. The molecule has 0 aliphatic heterocycles. The summed E-state index contributed by atoms with van der Waals surface area (Å²) in [5.41, 5.74) is 1.98. The number of nitro benzene ring substituents is 1. The minimum Gasteiger partial charge on any atom is -0.296 e. The van der Waals surface area contributed by atoms with E-state index in [0.717, 1.165) is 10.1 Å². The number of aromatic amines is 1. The summed E-state index contributed by atoms with van der Waals surface area (Å²) in [6, 6.07) is 4.73. The van der Waals surface area contributed by atoms with Crippen molar-refractivity contribution in [3.63, 3.8) is 0 Å². The maximum absolute atomic E-state index is 11.5. The molecule has 0 aliphatic rings. The molecule has 100 valence electrons. The SMILES string of the molecule is Cc1cc(-c2cnn3c(=O)[nH]cnc23)ccc1[N+](=O)[O-]. The van der Waals surface area contributed by atoms with Crippen LogP contribution in [-0.2, 0) is 0 Å². The van der Waals surface area contributed by atoms with E-state index in [-0.39, 0.29) is 11.4 Å². The lowest BCUT2D eigenvalue weighted by Crippen LogP contribution is -2.17. The molecule has 0 bridgehead atoms. The molecule has 20 heavy (non-hydrogen) atoms. The second kappa shape index (κ2) is 4.26. The van der Waals surface area contributed by atoms with Crippen LogP contribution in [0.2, 0.25) is 0 Å². The fraction of sp³-hybridized carbons (Fsp3) is 0.0833. The highest BCUT2D eigenvalue weighted by molar-refractivity contribution is 5.77. The average molecular weight is 271 g/mol. The van der Waals surface area contributed by atoms with Gasteiger partial charge in [-0.05, 0) is 24.6 Å². The van der Waals surface area contributed by atoms with Crippen molar-refractivity contribution in [1.82, 2.24) is 19.6 Å². The molecule has 0 unspecified atom stereocenters. The Balaban J connectivity index is 2.21. The summed E-state index contributed by atoms with van der Waals surface area (Å²) < 4.78 is 1.14. The van der Waals surface area contributed by atoms with Crippen LogP contribution < -0.4 is 5.69 Å². The predicted octanol–water partition coefficient (Wildman–Crippen LogP) is 1.30. The second-order valence-electron chi connectivity index (χ2n) is 4.26. The number of hydrogen-bond donors (Lipinski definition) is 1. The van der Waals surface area contributed by atoms with Crippen molar-refractivity contribution in [3.05, 3.63) is 56.9 Å². The van der Waals surface area contributed by atoms with Gasteiger partial charge < -0.3 is 0 Å². The van der Waals surface area contributed by atoms with E-state index in [2.05, 4.69) is 15.1 Å². The molecule has 3 aromatic rings. The number of hydrogen-bond acceptors (Lipinski definition) is 5. The minimum atomic E-state index is -0.432. The molecule has 0 fully saturated rings. The Morgan fingerprint density at radius 3 is 2.90 bits per heavy atom. The van der Waals surface area contributed by atoms with E-state index in [0.29, 0.717) is 16.8 Å². The minimum absolute atomic E-state index is 0.0519. The first-order valence-corrected chi connectivity index (χ1v) is 5.75. The molecular formula is C12H9N5O3. The quantitative estimate of drug-likeness (QED) is 0.558. The fourth-order valence-electron chi connectivity index (χ4n) is 2.06. The van der Waals surface area contributed by atoms with E-state index in [9.17, 15) is 14.9 Å². The smallest absolute Gasteiger partial charge is 0.296 e. The monoisotopic (exact) mass is 271 g/mol. The number of fused-ring (bicyclic) bond motifs is 1. The highest BCUT2D eigenvalue weighted by Crippen LogP contribution is 2.27. The Labute approximate surface area is 111 Å². The van der Waals surface area contributed by atoms with E-state index in [1.807, 2.05) is 0 Å². The highest BCUT2D eigenvalue weighted by Gasteiger charge is 2.14. The zero-order valence-corrected chi connectivity index (χ0v) is 10.4. The molecule has 0 spiro atoms. The lowest BCUT2D eigenvalue weighted by molar-refractivity contribution is -0.385. The van der Waals surface area contributed by atoms with Gasteiger partial charge in [0.1, 0.15) is 0 Å². The van der Waals surface area contributed by atoms with Gasteiger partial charge in [-0.1, -0.05) is 0 Å². The summed E-state index contributed by atoms with van der Waals surface area (Å²) in [5.74, 6) is 0. The van der Waals surface area contributed by atoms with Gasteiger partial charge in [0.2, 0.25) is 0 Å². The third kappa shape index (κ3) is 1.74. The summed E-state index contributed by atoms with van der Waals surface area (Å²) >= 11 is 0. The molecular weight excluding hydrogens is 262 g/mol. The van der Waals surface area contributed by atoms with Gasteiger partial charge in [0.25, 0.3) is 5.69 Å². The summed E-state index contributed by atoms with van der Waals surface area (Å²) in [7, 11) is 0. The first kappa shape index (κ1) is 12.0. The standard InChI is InChI=1S/C12H9N5O3/c1-7-4-8(2-3-10(7)17(19)20)9-5-15-16-11(9)13-6-14-12(16)18/h2-6H,1H3,(H,13,14,18). The number of benzene rings is 1. The van der Waals surface area contributed by atoms with Crippen LogP contribution >= 0.6 is 0 Å². The van der Waals surface area contributed by atoms with Gasteiger partial charge in [-0.2, -0.15) is 9.61 Å². The Bertz CT molecular complexity index is 880. The number of aryl methyl sites for hydroxylation is 1. The van der Waals surface area contributed by atoms with Crippen LogP contribution in [0.1, 0.15) is 5.56 Å². The number of nitrogens with one attached hydrogen (secondary N) is 1. The van der Waals surface area contributed by atoms with Gasteiger partial charge in [-0.25, -0.2) is 9.78 Å². The van der Waals surface area contributed by atoms with Crippen molar-refractivity contribution in [1.29, 1.82) is 0 Å². The number of nitro groups is 1. The van der Waals surface area contributed by atoms with E-state index in [4.69, 9.17) is 0 Å². The molecule has 0 amide bonds. The van der Waals surface area contributed by atoms with Gasteiger partial charge in [0.05, 0.1) is 17.4 Å². The van der Waals surface area contributed by atoms with Crippen LogP contribution in [0.4, 0.5) is 5.69 Å². The first-order valence-electron chi connectivity index (χ1n) is 5.75. The maximum atomic E-state index is 11.5. The normalized spacial score (nSPS) is 10.8. The van der Waals surface area contributed by atoms with Crippen molar-refractivity contribution in [3.8, 4) is 11.1 Å². The first-order chi connectivity index (χ1) is 9.58. The van der Waals surface area contributed by atoms with Gasteiger partial charge in [0.15, 0.2) is 5.65 Å². The molecule has 0 radical (unpaired) electrons. The molecule has 1 N–H and O–H groups in total. The lowest BCUT2D eigenvalue weighted by atomic mass is 10.1. The largest absolute Gasteiger partial charge is 0.349 e. The Kier molecular flexibility index (Phi) is 2.56. The molecule has 1 aromatic carbocycles. The van der Waals surface area contributed by atoms with Crippen molar-refractivity contribution in [2.75, 3.05) is 0 Å². The molecule has 8 heteroatoms. The Morgan fingerprint density at radius 1 is 1.40 bits per heavy atom. The van der Waals surface area contributed by atoms with E-state index >= 15 is 0 Å². The van der Waals surface area contributed by atoms with Gasteiger partial charge in [-0.15, -0.1) is 0 Å². The third-order valence-corrected chi connectivity index (χ3v) is 3.02. The molecule has 0 saturated heterocycles. The van der Waals surface area contributed by atoms with Crippen LogP contribution in [0.5, 0.6) is 0 Å². The van der Waals surface area contributed by atoms with Crippen LogP contribution in [0.25, 0.3) is 16.8 Å². The van der Waals surface area contributed by atoms with Crippen molar-refractivity contribution >= 4 is 11.3 Å². The summed E-state index contributed by atoms with van der Waals surface area (Å²) in [6.45, 7) is 1.66. The van der Waals surface area contributed by atoms with E-state index in [1.54, 1.807) is 19.1 Å². The zero-order valence-electron chi connectivity index (χ0n) is 10.4. The van der Waals surface area contributed by atoms with E-state index < -0.39 is 4.92 Å². The van der Waals surface area contributed by atoms with Crippen molar-refractivity contribution < 1.29 is 4.92 Å². The summed E-state index contributed by atoms with van der Waals surface area (Å²) in [5, 5.41) is 14.8. The van der Waals surface area contributed by atoms with Crippen LogP contribution in [0, 0.1) is 17.0 Å². The fourth-order valence-corrected chi connectivity index (χ4v) is 2.06. The number of H-pyrrole nitrogens is 1. The Morgan fingerprint density at radius 2 is 2.20 bits per heavy atom. The zero-order chi connectivity index (χ0) is 14.3. The van der Waals surface area contributed by atoms with Crippen molar-refractivity contribution in [2.24, 2.45) is 0 Å². The highest BCUT2D eigenvalue weighted by atomic mass is 16.6. The van der Waals surface area contributed by atoms with Crippen LogP contribution in [0.15, 0.2) is 35.5 Å². The molecule has 3 rings (SSSR count). The predicted molar refractivity (Wildman–Crippen MR) is 70.4 cm³/mol. The molecule has 0 atom stereocenters. The van der Waals surface area contributed by atoms with Gasteiger partial charge in [0, 0.05) is 17.2 Å².